The van der Waals surface area contributed by atoms with Gasteiger partial charge in [0.2, 0.25) is 0 Å². The van der Waals surface area contributed by atoms with Crippen LogP contribution in [0.1, 0.15) is 0 Å². The minimum Gasteiger partial charge on any atom is -0.151 e. The van der Waals surface area contributed by atoms with Crippen molar-refractivity contribution in [1.82, 2.24) is 0 Å². The highest BCUT2D eigenvalue weighted by Gasteiger charge is 1.90. The molecule has 0 saturated carbocycles. The number of hydrogen-bond acceptors (Lipinski definition) is 2. The maximum absolute atomic E-state index is 5.50. The first-order chi connectivity index (χ1) is 4.43. The number of hydrogen-bond donors (Lipinski definition) is 0. The Hall–Kier alpha value is 0.340. The van der Waals surface area contributed by atoms with Crippen LogP contribution >= 0.6 is 34.7 Å². The van der Waals surface area contributed by atoms with E-state index in [0.717, 1.165) is 11.6 Å². The summed E-state index contributed by atoms with van der Waals surface area (Å²) in [4.78, 5) is 1.33. The number of thioether (sulfide) groups is 1. The highest BCUT2D eigenvalue weighted by Crippen LogP contribution is 2.20. The molecule has 0 aliphatic rings. The smallest absolute Gasteiger partial charge is 0.0317 e. The molecule has 1 rings (SSSR count). The van der Waals surface area contributed by atoms with Crippen LogP contribution in [0.4, 0.5) is 0 Å². The summed E-state index contributed by atoms with van der Waals surface area (Å²) in [5, 5.41) is 4.22. The van der Waals surface area contributed by atoms with E-state index in [0.29, 0.717) is 0 Å². The molecule has 1 heterocycles. The van der Waals surface area contributed by atoms with E-state index in [4.69, 9.17) is 11.6 Å². The third kappa shape index (κ3) is 2.61. The van der Waals surface area contributed by atoms with Gasteiger partial charge >= 0.3 is 0 Å². The van der Waals surface area contributed by atoms with Crippen LogP contribution in [0.15, 0.2) is 21.7 Å². The molecular weight excluding hydrogens is 172 g/mol. The van der Waals surface area contributed by atoms with Gasteiger partial charge in [0, 0.05) is 21.9 Å². The lowest BCUT2D eigenvalue weighted by Gasteiger charge is -1.89. The first kappa shape index (κ1) is 7.45. The lowest BCUT2D eigenvalue weighted by molar-refractivity contribution is 1.49. The fourth-order valence-electron chi connectivity index (χ4n) is 0.491. The SMILES string of the molecule is ClCCSc1ccsc1. The molecule has 0 radical (unpaired) electrons. The molecule has 0 aromatic carbocycles. The second kappa shape index (κ2) is 4.20. The lowest BCUT2D eigenvalue weighted by Crippen LogP contribution is -1.75. The third-order valence-corrected chi connectivity index (χ3v) is 3.08. The van der Waals surface area contributed by atoms with Crippen LogP contribution in [0, 0.1) is 0 Å². The van der Waals surface area contributed by atoms with E-state index in [9.17, 15) is 0 Å². The van der Waals surface area contributed by atoms with Gasteiger partial charge in [0.05, 0.1) is 0 Å². The first-order valence-corrected chi connectivity index (χ1v) is 5.11. The minimum absolute atomic E-state index is 0.737. The summed E-state index contributed by atoms with van der Waals surface area (Å²) >= 11 is 9.03. The van der Waals surface area contributed by atoms with Gasteiger partial charge in [0.1, 0.15) is 0 Å². The van der Waals surface area contributed by atoms with Gasteiger partial charge in [-0.05, 0) is 11.4 Å². The molecule has 0 amide bonds. The monoisotopic (exact) mass is 178 g/mol. The van der Waals surface area contributed by atoms with Crippen molar-refractivity contribution in [3.05, 3.63) is 16.8 Å². The van der Waals surface area contributed by atoms with Gasteiger partial charge in [-0.1, -0.05) is 0 Å². The topological polar surface area (TPSA) is 0 Å². The van der Waals surface area contributed by atoms with Gasteiger partial charge in [-0.3, -0.25) is 0 Å². The zero-order valence-corrected chi connectivity index (χ0v) is 7.23. The van der Waals surface area contributed by atoms with Crippen molar-refractivity contribution in [3.63, 3.8) is 0 Å². The highest BCUT2D eigenvalue weighted by atomic mass is 35.5. The van der Waals surface area contributed by atoms with Gasteiger partial charge in [-0.25, -0.2) is 0 Å². The fourth-order valence-corrected chi connectivity index (χ4v) is 2.24. The predicted octanol–water partition coefficient (Wildman–Crippen LogP) is 3.08. The average Bonchev–Trinajstić information content (AvgIpc) is 2.34. The average molecular weight is 179 g/mol. The molecule has 9 heavy (non-hydrogen) atoms. The molecule has 0 saturated heterocycles. The Morgan fingerprint density at radius 1 is 1.67 bits per heavy atom. The summed E-state index contributed by atoms with van der Waals surface area (Å²) < 4.78 is 0. The summed E-state index contributed by atoms with van der Waals surface area (Å²) in [6.07, 6.45) is 0. The summed E-state index contributed by atoms with van der Waals surface area (Å²) in [6.45, 7) is 0. The highest BCUT2D eigenvalue weighted by molar-refractivity contribution is 7.99. The van der Waals surface area contributed by atoms with E-state index >= 15 is 0 Å². The normalized spacial score (nSPS) is 9.89. The van der Waals surface area contributed by atoms with E-state index in [-0.39, 0.29) is 0 Å². The number of rotatable bonds is 3. The van der Waals surface area contributed by atoms with Crippen LogP contribution in [0.5, 0.6) is 0 Å². The Morgan fingerprint density at radius 2 is 2.56 bits per heavy atom. The zero-order valence-electron chi connectivity index (χ0n) is 4.84. The maximum Gasteiger partial charge on any atom is 0.0317 e. The van der Waals surface area contributed by atoms with Crippen LogP contribution in [0.25, 0.3) is 0 Å². The molecule has 0 fully saturated rings. The van der Waals surface area contributed by atoms with Crippen LogP contribution in [-0.2, 0) is 0 Å². The number of thiophene rings is 1. The van der Waals surface area contributed by atoms with E-state index < -0.39 is 0 Å². The second-order valence-electron chi connectivity index (χ2n) is 1.50. The minimum atomic E-state index is 0.737. The van der Waals surface area contributed by atoms with Crippen molar-refractivity contribution in [2.24, 2.45) is 0 Å². The molecule has 50 valence electrons. The number of alkyl halides is 1. The van der Waals surface area contributed by atoms with Crippen LogP contribution in [-0.4, -0.2) is 11.6 Å². The van der Waals surface area contributed by atoms with Crippen molar-refractivity contribution in [2.75, 3.05) is 11.6 Å². The van der Waals surface area contributed by atoms with E-state index in [1.54, 1.807) is 23.1 Å². The molecule has 0 aliphatic carbocycles. The Labute approximate surface area is 68.2 Å². The molecular formula is C6H7ClS2. The molecule has 0 spiro atoms. The van der Waals surface area contributed by atoms with Crippen molar-refractivity contribution in [1.29, 1.82) is 0 Å². The van der Waals surface area contributed by atoms with Gasteiger partial charge in [0.25, 0.3) is 0 Å². The summed E-state index contributed by atoms with van der Waals surface area (Å²) in [7, 11) is 0. The van der Waals surface area contributed by atoms with Gasteiger partial charge in [0.15, 0.2) is 0 Å². The third-order valence-electron chi connectivity index (χ3n) is 0.841. The van der Waals surface area contributed by atoms with Crippen molar-refractivity contribution < 1.29 is 0 Å². The summed E-state index contributed by atoms with van der Waals surface area (Å²) in [6, 6.07) is 2.11. The first-order valence-electron chi connectivity index (χ1n) is 2.64. The molecule has 0 unspecified atom stereocenters. The Kier molecular flexibility index (Phi) is 3.48. The lowest BCUT2D eigenvalue weighted by atomic mass is 10.7. The van der Waals surface area contributed by atoms with Crippen LogP contribution in [0.3, 0.4) is 0 Å². The van der Waals surface area contributed by atoms with Gasteiger partial charge < -0.3 is 0 Å². The standard InChI is InChI=1S/C6H7ClS2/c7-2-4-9-6-1-3-8-5-6/h1,3,5H,2,4H2. The molecule has 0 nitrogen and oxygen atoms in total. The Balaban J connectivity index is 2.30. The molecule has 1 aromatic heterocycles. The van der Waals surface area contributed by atoms with Gasteiger partial charge in [-0.2, -0.15) is 11.3 Å². The largest absolute Gasteiger partial charge is 0.151 e. The molecule has 1 aromatic rings. The zero-order chi connectivity index (χ0) is 6.53. The Morgan fingerprint density at radius 3 is 3.11 bits per heavy atom. The van der Waals surface area contributed by atoms with Crippen molar-refractivity contribution in [2.45, 2.75) is 4.90 Å². The molecule has 0 N–H and O–H groups in total. The Bertz CT molecular complexity index is 148. The van der Waals surface area contributed by atoms with Crippen molar-refractivity contribution in [3.8, 4) is 0 Å². The fraction of sp³-hybridized carbons (Fsp3) is 0.333. The molecule has 0 aliphatic heterocycles. The van der Waals surface area contributed by atoms with Gasteiger partial charge in [-0.15, -0.1) is 23.4 Å². The predicted molar refractivity (Wildman–Crippen MR) is 45.8 cm³/mol. The summed E-state index contributed by atoms with van der Waals surface area (Å²) in [5.41, 5.74) is 0. The number of halogens is 1. The second-order valence-corrected chi connectivity index (χ2v) is 3.82. The molecule has 0 bridgehead atoms. The quantitative estimate of drug-likeness (QED) is 0.507. The van der Waals surface area contributed by atoms with Crippen LogP contribution in [0.2, 0.25) is 0 Å². The maximum atomic E-state index is 5.50. The molecule has 0 atom stereocenters. The van der Waals surface area contributed by atoms with E-state index in [1.807, 2.05) is 0 Å². The van der Waals surface area contributed by atoms with E-state index in [2.05, 4.69) is 16.8 Å². The van der Waals surface area contributed by atoms with Crippen molar-refractivity contribution >= 4 is 34.7 Å². The molecule has 3 heteroatoms. The van der Waals surface area contributed by atoms with E-state index in [1.165, 1.54) is 4.90 Å². The summed E-state index contributed by atoms with van der Waals surface area (Å²) in [5.74, 6) is 1.75. The van der Waals surface area contributed by atoms with Crippen LogP contribution < -0.4 is 0 Å².